The summed E-state index contributed by atoms with van der Waals surface area (Å²) in [5, 5.41) is 0.496. The number of carbonyl (C=O) groups is 1. The number of ether oxygens (including phenoxy) is 1. The quantitative estimate of drug-likeness (QED) is 0.615. The number of anilines is 1. The van der Waals surface area contributed by atoms with Gasteiger partial charge in [0.05, 0.1) is 19.5 Å². The lowest BCUT2D eigenvalue weighted by molar-refractivity contribution is 0.0520. The average molecular weight is 347 g/mol. The van der Waals surface area contributed by atoms with Crippen molar-refractivity contribution in [2.75, 3.05) is 24.6 Å². The number of carbonyl (C=O) groups excluding carboxylic acids is 1. The summed E-state index contributed by atoms with van der Waals surface area (Å²) in [6.45, 7) is 4.81. The Balaban J connectivity index is 1.44. The van der Waals surface area contributed by atoms with Crippen molar-refractivity contribution in [2.45, 2.75) is 26.3 Å². The van der Waals surface area contributed by atoms with E-state index in [-0.39, 0.29) is 0 Å². The van der Waals surface area contributed by atoms with Crippen molar-refractivity contribution in [3.8, 4) is 0 Å². The molecular formula is C17H19ClN4O2. The van der Waals surface area contributed by atoms with Gasteiger partial charge in [-0.05, 0) is 25.8 Å². The number of nitrogens with zero attached hydrogens (tertiary/aromatic N) is 4. The maximum absolute atomic E-state index is 11.7. The first-order valence-electron chi connectivity index (χ1n) is 8.18. The lowest BCUT2D eigenvalue weighted by Crippen LogP contribution is -2.48. The fraction of sp³-hybridized carbons (Fsp3) is 0.471. The van der Waals surface area contributed by atoms with Crippen LogP contribution in [0.1, 0.15) is 35.8 Å². The summed E-state index contributed by atoms with van der Waals surface area (Å²) in [7, 11) is 0. The molecule has 126 valence electrons. The summed E-state index contributed by atoms with van der Waals surface area (Å²) in [5.74, 6) is 0.529. The summed E-state index contributed by atoms with van der Waals surface area (Å²) in [5.41, 5.74) is 1.79. The number of hydrogen-bond acceptors (Lipinski definition) is 5. The maximum Gasteiger partial charge on any atom is 0.358 e. The minimum absolute atomic E-state index is 0.299. The van der Waals surface area contributed by atoms with Crippen molar-refractivity contribution in [2.24, 2.45) is 5.41 Å². The zero-order chi connectivity index (χ0) is 16.7. The number of imidazole rings is 1. The molecule has 1 spiro atoms. The van der Waals surface area contributed by atoms with Crippen LogP contribution in [0.3, 0.4) is 0 Å². The van der Waals surface area contributed by atoms with E-state index in [1.807, 2.05) is 12.1 Å². The molecule has 4 rings (SSSR count). The molecule has 0 N–H and O–H groups in total. The molecule has 2 aliphatic rings. The van der Waals surface area contributed by atoms with Gasteiger partial charge in [-0.2, -0.15) is 0 Å². The summed E-state index contributed by atoms with van der Waals surface area (Å²) >= 11 is 6.35. The Hall–Kier alpha value is -2.08. The second-order valence-corrected chi connectivity index (χ2v) is 6.99. The van der Waals surface area contributed by atoms with E-state index in [2.05, 4.69) is 14.9 Å². The molecule has 1 saturated heterocycles. The first kappa shape index (κ1) is 15.4. The molecule has 0 aromatic carbocycles. The standard InChI is InChI=1S/C17H19ClN4O2/c1-2-24-16(23)13-8-21(11-19-13)7-12-3-4-14(20-15(12)18)22-9-17(10-22)5-6-17/h3-4,8,11H,2,5-7,9-10H2,1H3. The topological polar surface area (TPSA) is 60.2 Å². The van der Waals surface area contributed by atoms with Crippen molar-refractivity contribution < 1.29 is 9.53 Å². The Morgan fingerprint density at radius 2 is 2.17 bits per heavy atom. The van der Waals surface area contributed by atoms with Crippen LogP contribution in [0.4, 0.5) is 5.82 Å². The molecule has 1 saturated carbocycles. The number of rotatable bonds is 5. The summed E-state index contributed by atoms with van der Waals surface area (Å²) in [4.78, 5) is 22.5. The van der Waals surface area contributed by atoms with E-state index in [4.69, 9.17) is 16.3 Å². The number of hydrogen-bond donors (Lipinski definition) is 0. The molecule has 0 atom stereocenters. The lowest BCUT2D eigenvalue weighted by Gasteiger charge is -2.41. The third kappa shape index (κ3) is 2.86. The van der Waals surface area contributed by atoms with Gasteiger partial charge in [-0.25, -0.2) is 14.8 Å². The first-order valence-corrected chi connectivity index (χ1v) is 8.56. The van der Waals surface area contributed by atoms with E-state index in [0.29, 0.717) is 29.4 Å². The normalized spacial score (nSPS) is 17.7. The number of aromatic nitrogens is 3. The molecule has 2 fully saturated rings. The Kier molecular flexibility index (Phi) is 3.72. The van der Waals surface area contributed by atoms with Gasteiger partial charge in [0.2, 0.25) is 0 Å². The number of esters is 1. The van der Waals surface area contributed by atoms with E-state index in [9.17, 15) is 4.79 Å². The van der Waals surface area contributed by atoms with Gasteiger partial charge >= 0.3 is 5.97 Å². The molecular weight excluding hydrogens is 328 g/mol. The van der Waals surface area contributed by atoms with E-state index in [0.717, 1.165) is 24.5 Å². The second kappa shape index (κ2) is 5.77. The zero-order valence-corrected chi connectivity index (χ0v) is 14.3. The first-order chi connectivity index (χ1) is 11.6. The largest absolute Gasteiger partial charge is 0.461 e. The average Bonchev–Trinajstić information content (AvgIpc) is 3.20. The SMILES string of the molecule is CCOC(=O)c1cn(Cc2ccc(N3CC4(CC4)C3)nc2Cl)cn1. The molecule has 0 bridgehead atoms. The van der Waals surface area contributed by atoms with Crippen molar-refractivity contribution in [3.05, 3.63) is 41.1 Å². The monoisotopic (exact) mass is 346 g/mol. The molecule has 3 heterocycles. The van der Waals surface area contributed by atoms with E-state index < -0.39 is 5.97 Å². The van der Waals surface area contributed by atoms with Crippen LogP contribution >= 0.6 is 11.6 Å². The second-order valence-electron chi connectivity index (χ2n) is 6.63. The smallest absolute Gasteiger partial charge is 0.358 e. The Labute approximate surface area is 145 Å². The maximum atomic E-state index is 11.7. The number of pyridine rings is 1. The Morgan fingerprint density at radius 1 is 1.38 bits per heavy atom. The van der Waals surface area contributed by atoms with Crippen LogP contribution in [0, 0.1) is 5.41 Å². The molecule has 0 radical (unpaired) electrons. The van der Waals surface area contributed by atoms with Crippen LogP contribution in [0.2, 0.25) is 5.15 Å². The third-order valence-electron chi connectivity index (χ3n) is 4.72. The molecule has 7 heteroatoms. The highest BCUT2D eigenvalue weighted by atomic mass is 35.5. The van der Waals surface area contributed by atoms with Crippen LogP contribution < -0.4 is 4.90 Å². The van der Waals surface area contributed by atoms with Crippen molar-refractivity contribution in [3.63, 3.8) is 0 Å². The van der Waals surface area contributed by atoms with Crippen molar-refractivity contribution in [1.29, 1.82) is 0 Å². The minimum atomic E-state index is -0.414. The van der Waals surface area contributed by atoms with E-state index in [1.165, 1.54) is 12.8 Å². The third-order valence-corrected chi connectivity index (χ3v) is 5.04. The Bertz CT molecular complexity index is 777. The zero-order valence-electron chi connectivity index (χ0n) is 13.5. The van der Waals surface area contributed by atoms with Crippen molar-refractivity contribution in [1.82, 2.24) is 14.5 Å². The van der Waals surface area contributed by atoms with Gasteiger partial charge in [-0.3, -0.25) is 0 Å². The van der Waals surface area contributed by atoms with E-state index in [1.54, 1.807) is 24.0 Å². The van der Waals surface area contributed by atoms with Gasteiger partial charge in [0, 0.05) is 30.3 Å². The fourth-order valence-corrected chi connectivity index (χ4v) is 3.33. The van der Waals surface area contributed by atoms with Gasteiger partial charge in [0.15, 0.2) is 5.69 Å². The molecule has 24 heavy (non-hydrogen) atoms. The molecule has 0 amide bonds. The molecule has 0 unspecified atom stereocenters. The molecule has 1 aliphatic heterocycles. The highest BCUT2D eigenvalue weighted by Gasteiger charge is 2.52. The summed E-state index contributed by atoms with van der Waals surface area (Å²) < 4.78 is 6.74. The summed E-state index contributed by atoms with van der Waals surface area (Å²) in [6.07, 6.45) is 5.95. The molecule has 2 aromatic heterocycles. The van der Waals surface area contributed by atoms with E-state index >= 15 is 0 Å². The van der Waals surface area contributed by atoms with Crippen LogP contribution in [0.15, 0.2) is 24.7 Å². The van der Waals surface area contributed by atoms with Gasteiger partial charge in [0.25, 0.3) is 0 Å². The Morgan fingerprint density at radius 3 is 2.83 bits per heavy atom. The summed E-state index contributed by atoms with van der Waals surface area (Å²) in [6, 6.07) is 4.01. The van der Waals surface area contributed by atoms with Crippen LogP contribution in [-0.2, 0) is 11.3 Å². The van der Waals surface area contributed by atoms with Gasteiger partial charge in [-0.1, -0.05) is 17.7 Å². The molecule has 1 aliphatic carbocycles. The van der Waals surface area contributed by atoms with Crippen molar-refractivity contribution >= 4 is 23.4 Å². The highest BCUT2D eigenvalue weighted by Crippen LogP contribution is 2.53. The van der Waals surface area contributed by atoms with Crippen LogP contribution in [-0.4, -0.2) is 40.2 Å². The fourth-order valence-electron chi connectivity index (χ4n) is 3.12. The molecule has 2 aromatic rings. The minimum Gasteiger partial charge on any atom is -0.461 e. The number of halogens is 1. The van der Waals surface area contributed by atoms with Gasteiger partial charge < -0.3 is 14.2 Å². The van der Waals surface area contributed by atoms with Gasteiger partial charge in [-0.15, -0.1) is 0 Å². The molecule has 6 nitrogen and oxygen atoms in total. The van der Waals surface area contributed by atoms with Crippen LogP contribution in [0.5, 0.6) is 0 Å². The van der Waals surface area contributed by atoms with Crippen LogP contribution in [0.25, 0.3) is 0 Å². The van der Waals surface area contributed by atoms with Gasteiger partial charge in [0.1, 0.15) is 11.0 Å². The predicted molar refractivity (Wildman–Crippen MR) is 90.4 cm³/mol. The lowest BCUT2D eigenvalue weighted by atomic mass is 9.97. The predicted octanol–water partition coefficient (Wildman–Crippen LogP) is 2.76. The highest BCUT2D eigenvalue weighted by molar-refractivity contribution is 6.30.